The van der Waals surface area contributed by atoms with E-state index >= 15 is 0 Å². The number of rotatable bonds is 6. The van der Waals surface area contributed by atoms with Crippen LogP contribution >= 0.6 is 0 Å². The van der Waals surface area contributed by atoms with Gasteiger partial charge in [-0.25, -0.2) is 9.59 Å². The molecule has 8 nitrogen and oxygen atoms in total. The lowest BCUT2D eigenvalue weighted by Gasteiger charge is -2.19. The van der Waals surface area contributed by atoms with Gasteiger partial charge in [-0.3, -0.25) is 10.1 Å². The number of hydrogen-bond donors (Lipinski definition) is 2. The zero-order chi connectivity index (χ0) is 22.3. The topological polar surface area (TPSA) is 103 Å². The minimum absolute atomic E-state index is 0.241. The molecule has 0 saturated carbocycles. The number of amides is 2. The molecule has 0 bridgehead atoms. The van der Waals surface area contributed by atoms with Crippen molar-refractivity contribution in [1.82, 2.24) is 0 Å². The van der Waals surface area contributed by atoms with E-state index in [0.29, 0.717) is 17.1 Å². The maximum absolute atomic E-state index is 12.3. The summed E-state index contributed by atoms with van der Waals surface area (Å²) in [5.74, 6) is -0.538. The molecule has 2 aromatic rings. The zero-order valence-corrected chi connectivity index (χ0v) is 17.6. The highest BCUT2D eigenvalue weighted by atomic mass is 16.6. The van der Waals surface area contributed by atoms with Gasteiger partial charge in [0.25, 0.3) is 5.91 Å². The summed E-state index contributed by atoms with van der Waals surface area (Å²) in [5.41, 5.74) is 0.616. The van der Waals surface area contributed by atoms with Gasteiger partial charge in [0.1, 0.15) is 11.4 Å². The third kappa shape index (κ3) is 7.12. The Balaban J connectivity index is 1.91. The van der Waals surface area contributed by atoms with Crippen LogP contribution in [0.1, 0.15) is 38.1 Å². The van der Waals surface area contributed by atoms with E-state index in [2.05, 4.69) is 10.6 Å². The minimum Gasteiger partial charge on any atom is -0.497 e. The van der Waals surface area contributed by atoms with Gasteiger partial charge in [0.2, 0.25) is 0 Å². The Kier molecular flexibility index (Phi) is 7.41. The van der Waals surface area contributed by atoms with Crippen LogP contribution in [0.15, 0.2) is 48.5 Å². The molecule has 160 valence electrons. The van der Waals surface area contributed by atoms with Crippen molar-refractivity contribution in [2.24, 2.45) is 0 Å². The molecule has 0 saturated heterocycles. The van der Waals surface area contributed by atoms with Gasteiger partial charge in [-0.2, -0.15) is 0 Å². The summed E-state index contributed by atoms with van der Waals surface area (Å²) in [6.45, 7) is 6.76. The first-order valence-electron chi connectivity index (χ1n) is 9.33. The second kappa shape index (κ2) is 9.78. The predicted octanol–water partition coefficient (Wildman–Crippen LogP) is 4.23. The third-order valence-electron chi connectivity index (χ3n) is 3.76. The van der Waals surface area contributed by atoms with Gasteiger partial charge in [-0.1, -0.05) is 6.07 Å². The molecule has 0 aromatic heterocycles. The molecule has 2 rings (SSSR count). The molecule has 0 aliphatic rings. The van der Waals surface area contributed by atoms with Crippen LogP contribution in [0, 0.1) is 0 Å². The average Bonchev–Trinajstić information content (AvgIpc) is 2.67. The highest BCUT2D eigenvalue weighted by Crippen LogP contribution is 2.18. The molecule has 8 heteroatoms. The summed E-state index contributed by atoms with van der Waals surface area (Å²) < 4.78 is 15.5. The number of ether oxygens (including phenoxy) is 3. The van der Waals surface area contributed by atoms with E-state index in [1.807, 2.05) is 0 Å². The van der Waals surface area contributed by atoms with Crippen LogP contribution in [0.3, 0.4) is 0 Å². The molecule has 2 amide bonds. The van der Waals surface area contributed by atoms with Crippen LogP contribution in [0.5, 0.6) is 5.75 Å². The Hall–Kier alpha value is -3.55. The van der Waals surface area contributed by atoms with Crippen LogP contribution in [-0.2, 0) is 14.3 Å². The largest absolute Gasteiger partial charge is 0.497 e. The highest BCUT2D eigenvalue weighted by molar-refractivity contribution is 5.97. The van der Waals surface area contributed by atoms with Gasteiger partial charge < -0.3 is 19.5 Å². The molecule has 0 radical (unpaired) electrons. The molecular formula is C22H26N2O6. The Morgan fingerprint density at radius 3 is 2.20 bits per heavy atom. The number of benzene rings is 2. The Morgan fingerprint density at radius 2 is 1.60 bits per heavy atom. The van der Waals surface area contributed by atoms with E-state index in [1.54, 1.807) is 57.2 Å². The molecule has 0 fully saturated rings. The fourth-order valence-electron chi connectivity index (χ4n) is 2.34. The first-order chi connectivity index (χ1) is 14.1. The van der Waals surface area contributed by atoms with Crippen molar-refractivity contribution in [3.8, 4) is 5.75 Å². The predicted molar refractivity (Wildman–Crippen MR) is 113 cm³/mol. The average molecular weight is 414 g/mol. The van der Waals surface area contributed by atoms with Crippen LogP contribution in [-0.4, -0.2) is 36.8 Å². The number of methoxy groups -OCH3 is 1. The SMILES string of the molecule is COc1cccc(NC(=O)[C@H](C)OC(=O)c2ccc(NC(=O)OC(C)(C)C)cc2)c1. The number of esters is 1. The maximum atomic E-state index is 12.3. The summed E-state index contributed by atoms with van der Waals surface area (Å²) in [4.78, 5) is 36.4. The van der Waals surface area contributed by atoms with E-state index < -0.39 is 29.7 Å². The van der Waals surface area contributed by atoms with Crippen molar-refractivity contribution < 1.29 is 28.6 Å². The first-order valence-corrected chi connectivity index (χ1v) is 9.33. The van der Waals surface area contributed by atoms with Crippen molar-refractivity contribution in [3.63, 3.8) is 0 Å². The smallest absolute Gasteiger partial charge is 0.412 e. The number of nitrogens with one attached hydrogen (secondary N) is 2. The lowest BCUT2D eigenvalue weighted by Crippen LogP contribution is -2.30. The van der Waals surface area contributed by atoms with E-state index in [9.17, 15) is 14.4 Å². The Morgan fingerprint density at radius 1 is 0.933 bits per heavy atom. The molecule has 2 aromatic carbocycles. The monoisotopic (exact) mass is 414 g/mol. The number of anilines is 2. The molecule has 1 atom stereocenters. The molecule has 2 N–H and O–H groups in total. The number of hydrogen-bond acceptors (Lipinski definition) is 6. The number of carbonyl (C=O) groups excluding carboxylic acids is 3. The summed E-state index contributed by atoms with van der Waals surface area (Å²) in [6, 6.07) is 12.9. The first kappa shape index (κ1) is 22.7. The van der Waals surface area contributed by atoms with Gasteiger partial charge in [0.05, 0.1) is 12.7 Å². The summed E-state index contributed by atoms with van der Waals surface area (Å²) in [5, 5.41) is 5.24. The van der Waals surface area contributed by atoms with Crippen molar-refractivity contribution in [2.75, 3.05) is 17.7 Å². The lowest BCUT2D eigenvalue weighted by atomic mass is 10.2. The molecule has 0 spiro atoms. The standard InChI is InChI=1S/C22H26N2O6/c1-14(19(25)23-17-7-6-8-18(13-17)28-5)29-20(26)15-9-11-16(12-10-15)24-21(27)30-22(2,3)4/h6-14H,1-5H3,(H,23,25)(H,24,27)/t14-/m0/s1. The van der Waals surface area contributed by atoms with Crippen LogP contribution < -0.4 is 15.4 Å². The van der Waals surface area contributed by atoms with Gasteiger partial charge in [-0.05, 0) is 64.1 Å². The van der Waals surface area contributed by atoms with Gasteiger partial charge in [-0.15, -0.1) is 0 Å². The van der Waals surface area contributed by atoms with E-state index in [1.165, 1.54) is 26.2 Å². The van der Waals surface area contributed by atoms with Gasteiger partial charge >= 0.3 is 12.1 Å². The molecule has 0 aliphatic carbocycles. The van der Waals surface area contributed by atoms with Crippen LogP contribution in [0.25, 0.3) is 0 Å². The normalized spacial score (nSPS) is 11.8. The second-order valence-electron chi connectivity index (χ2n) is 7.47. The van der Waals surface area contributed by atoms with Crippen molar-refractivity contribution >= 4 is 29.3 Å². The maximum Gasteiger partial charge on any atom is 0.412 e. The Bertz CT molecular complexity index is 903. The van der Waals surface area contributed by atoms with Crippen molar-refractivity contribution in [2.45, 2.75) is 39.4 Å². The molecule has 30 heavy (non-hydrogen) atoms. The highest BCUT2D eigenvalue weighted by Gasteiger charge is 2.20. The van der Waals surface area contributed by atoms with E-state index in [4.69, 9.17) is 14.2 Å². The minimum atomic E-state index is -1.01. The molecule has 0 heterocycles. The van der Waals surface area contributed by atoms with Crippen molar-refractivity contribution in [1.29, 1.82) is 0 Å². The van der Waals surface area contributed by atoms with Crippen molar-refractivity contribution in [3.05, 3.63) is 54.1 Å². The summed E-state index contributed by atoms with van der Waals surface area (Å²) in [6.07, 6.45) is -1.61. The molecular weight excluding hydrogens is 388 g/mol. The summed E-state index contributed by atoms with van der Waals surface area (Å²) >= 11 is 0. The van der Waals surface area contributed by atoms with Gasteiger partial charge in [0.15, 0.2) is 6.10 Å². The lowest BCUT2D eigenvalue weighted by molar-refractivity contribution is -0.123. The second-order valence-corrected chi connectivity index (χ2v) is 7.47. The zero-order valence-electron chi connectivity index (χ0n) is 17.6. The third-order valence-corrected chi connectivity index (χ3v) is 3.76. The summed E-state index contributed by atoms with van der Waals surface area (Å²) in [7, 11) is 1.53. The van der Waals surface area contributed by atoms with Crippen LogP contribution in [0.4, 0.5) is 16.2 Å². The fourth-order valence-corrected chi connectivity index (χ4v) is 2.34. The van der Waals surface area contributed by atoms with E-state index in [0.717, 1.165) is 0 Å². The fraction of sp³-hybridized carbons (Fsp3) is 0.318. The van der Waals surface area contributed by atoms with E-state index in [-0.39, 0.29) is 5.56 Å². The molecule has 0 unspecified atom stereocenters. The molecule has 0 aliphatic heterocycles. The van der Waals surface area contributed by atoms with Gasteiger partial charge in [0, 0.05) is 17.4 Å². The Labute approximate surface area is 175 Å². The quantitative estimate of drug-likeness (QED) is 0.686. The van der Waals surface area contributed by atoms with Crippen LogP contribution in [0.2, 0.25) is 0 Å². The number of carbonyl (C=O) groups is 3.